The first-order valence-electron chi connectivity index (χ1n) is 9.45. The number of aryl methyl sites for hydroxylation is 1. The van der Waals surface area contributed by atoms with Crippen molar-refractivity contribution >= 4 is 33.4 Å². The third-order valence-electron chi connectivity index (χ3n) is 5.10. The summed E-state index contributed by atoms with van der Waals surface area (Å²) in [6.45, 7) is 2.41. The molecule has 156 valence electrons. The van der Waals surface area contributed by atoms with E-state index < -0.39 is 10.0 Å². The van der Waals surface area contributed by atoms with E-state index >= 15 is 0 Å². The summed E-state index contributed by atoms with van der Waals surface area (Å²) in [4.78, 5) is 14.0. The fraction of sp³-hybridized carbons (Fsp3) is 0.381. The van der Waals surface area contributed by atoms with Crippen LogP contribution in [0.2, 0.25) is 0 Å². The Morgan fingerprint density at radius 1 is 1.24 bits per heavy atom. The summed E-state index contributed by atoms with van der Waals surface area (Å²) in [7, 11) is -2.11. The molecule has 0 saturated carbocycles. The highest BCUT2D eigenvalue weighted by molar-refractivity contribution is 7.98. The van der Waals surface area contributed by atoms with Gasteiger partial charge >= 0.3 is 0 Å². The second-order valence-corrected chi connectivity index (χ2v) is 9.87. The number of hydrogen-bond acceptors (Lipinski definition) is 5. The number of nitrogens with one attached hydrogen (secondary N) is 1. The number of anilines is 1. The van der Waals surface area contributed by atoms with Crippen molar-refractivity contribution in [3.63, 3.8) is 0 Å². The molecular weight excluding hydrogens is 408 g/mol. The van der Waals surface area contributed by atoms with Gasteiger partial charge in [0.15, 0.2) is 0 Å². The number of carbonyl (C=O) groups excluding carboxylic acids is 1. The lowest BCUT2D eigenvalue weighted by molar-refractivity contribution is -0.120. The van der Waals surface area contributed by atoms with E-state index in [0.29, 0.717) is 25.1 Å². The quantitative estimate of drug-likeness (QED) is 0.701. The van der Waals surface area contributed by atoms with Crippen molar-refractivity contribution in [1.29, 1.82) is 0 Å². The minimum absolute atomic E-state index is 0.144. The fourth-order valence-corrected chi connectivity index (χ4v) is 5.55. The molecule has 3 rings (SSSR count). The van der Waals surface area contributed by atoms with Crippen LogP contribution < -0.4 is 10.1 Å². The van der Waals surface area contributed by atoms with Gasteiger partial charge < -0.3 is 10.1 Å². The Kier molecular flexibility index (Phi) is 6.87. The van der Waals surface area contributed by atoms with Crippen LogP contribution in [0.25, 0.3) is 0 Å². The molecule has 1 aliphatic heterocycles. The second-order valence-electron chi connectivity index (χ2n) is 7.05. The van der Waals surface area contributed by atoms with Crippen LogP contribution in [0.5, 0.6) is 5.75 Å². The number of methoxy groups -OCH3 is 1. The Labute approximate surface area is 176 Å². The number of benzene rings is 2. The number of thioether (sulfide) groups is 1. The molecule has 0 aliphatic carbocycles. The van der Waals surface area contributed by atoms with E-state index in [1.54, 1.807) is 37.1 Å². The highest BCUT2D eigenvalue weighted by Crippen LogP contribution is 2.28. The van der Waals surface area contributed by atoms with E-state index in [0.717, 1.165) is 16.1 Å². The van der Waals surface area contributed by atoms with E-state index in [1.807, 2.05) is 37.4 Å². The summed E-state index contributed by atoms with van der Waals surface area (Å²) in [6, 6.07) is 12.5. The number of amides is 1. The number of ether oxygens (including phenoxy) is 1. The van der Waals surface area contributed by atoms with Gasteiger partial charge in [-0.3, -0.25) is 4.79 Å². The standard InChI is InChI=1S/C21H26N2O4S2/c1-15-12-19(9-10-20(15)27-2)29(25,26)23-11-5-6-16(14-23)21(24)22-17-7-4-8-18(13-17)28-3/h4,7-10,12-13,16H,5-6,11,14H2,1-3H3,(H,22,24)/t16-/m0/s1. The van der Waals surface area contributed by atoms with Crippen LogP contribution in [0.15, 0.2) is 52.3 Å². The summed E-state index contributed by atoms with van der Waals surface area (Å²) < 4.78 is 32.8. The van der Waals surface area contributed by atoms with Crippen molar-refractivity contribution in [3.8, 4) is 5.75 Å². The van der Waals surface area contributed by atoms with Gasteiger partial charge in [-0.25, -0.2) is 8.42 Å². The Morgan fingerprint density at radius 2 is 2.03 bits per heavy atom. The monoisotopic (exact) mass is 434 g/mol. The highest BCUT2D eigenvalue weighted by atomic mass is 32.2. The maximum absolute atomic E-state index is 13.1. The van der Waals surface area contributed by atoms with Gasteiger partial charge in [0.1, 0.15) is 5.75 Å². The molecule has 2 aromatic rings. The van der Waals surface area contributed by atoms with Crippen molar-refractivity contribution in [2.24, 2.45) is 5.92 Å². The number of piperidine rings is 1. The topological polar surface area (TPSA) is 75.7 Å². The lowest BCUT2D eigenvalue weighted by atomic mass is 9.99. The van der Waals surface area contributed by atoms with Gasteiger partial charge in [0.2, 0.25) is 15.9 Å². The van der Waals surface area contributed by atoms with Crippen molar-refractivity contribution in [2.75, 3.05) is 31.8 Å². The zero-order valence-corrected chi connectivity index (χ0v) is 18.5. The van der Waals surface area contributed by atoms with Gasteiger partial charge in [-0.15, -0.1) is 11.8 Å². The summed E-state index contributed by atoms with van der Waals surface area (Å²) >= 11 is 1.60. The summed E-state index contributed by atoms with van der Waals surface area (Å²) in [6.07, 6.45) is 3.30. The van der Waals surface area contributed by atoms with E-state index in [9.17, 15) is 13.2 Å². The number of carbonyl (C=O) groups is 1. The first-order chi connectivity index (χ1) is 13.8. The van der Waals surface area contributed by atoms with Crippen LogP contribution in [0, 0.1) is 12.8 Å². The zero-order valence-electron chi connectivity index (χ0n) is 16.8. The molecule has 0 bridgehead atoms. The smallest absolute Gasteiger partial charge is 0.243 e. The molecule has 0 aromatic heterocycles. The van der Waals surface area contributed by atoms with E-state index in [1.165, 1.54) is 4.31 Å². The molecule has 29 heavy (non-hydrogen) atoms. The first-order valence-corrected chi connectivity index (χ1v) is 12.1. The predicted octanol–water partition coefficient (Wildman–Crippen LogP) is 3.76. The molecule has 1 fully saturated rings. The maximum atomic E-state index is 13.1. The normalized spacial score (nSPS) is 17.7. The minimum atomic E-state index is -3.67. The predicted molar refractivity (Wildman–Crippen MR) is 116 cm³/mol. The summed E-state index contributed by atoms with van der Waals surface area (Å²) in [5, 5.41) is 2.93. The van der Waals surface area contributed by atoms with Crippen molar-refractivity contribution in [2.45, 2.75) is 29.6 Å². The third-order valence-corrected chi connectivity index (χ3v) is 7.68. The Bertz CT molecular complexity index is 992. The SMILES string of the molecule is COc1ccc(S(=O)(=O)N2CCC[C@H](C(=O)Nc3cccc(SC)c3)C2)cc1C. The van der Waals surface area contributed by atoms with Gasteiger partial charge in [-0.05, 0) is 68.0 Å². The fourth-order valence-electron chi connectivity index (χ4n) is 3.48. The van der Waals surface area contributed by atoms with Crippen LogP contribution in [0.4, 0.5) is 5.69 Å². The molecule has 1 amide bonds. The van der Waals surface area contributed by atoms with Gasteiger partial charge in [0.05, 0.1) is 17.9 Å². The van der Waals surface area contributed by atoms with E-state index in [4.69, 9.17) is 4.74 Å². The molecule has 1 heterocycles. The highest BCUT2D eigenvalue weighted by Gasteiger charge is 2.33. The minimum Gasteiger partial charge on any atom is -0.496 e. The van der Waals surface area contributed by atoms with Crippen LogP contribution in [0.3, 0.4) is 0 Å². The molecule has 1 saturated heterocycles. The number of rotatable bonds is 6. The van der Waals surface area contributed by atoms with E-state index in [2.05, 4.69) is 5.32 Å². The van der Waals surface area contributed by atoms with Gasteiger partial charge in [0, 0.05) is 23.7 Å². The van der Waals surface area contributed by atoms with Crippen LogP contribution in [-0.2, 0) is 14.8 Å². The molecule has 0 radical (unpaired) electrons. The molecule has 8 heteroatoms. The average Bonchev–Trinajstić information content (AvgIpc) is 2.73. The molecule has 1 aliphatic rings. The number of hydrogen-bond donors (Lipinski definition) is 1. The molecule has 2 aromatic carbocycles. The lowest BCUT2D eigenvalue weighted by Gasteiger charge is -2.31. The van der Waals surface area contributed by atoms with Crippen molar-refractivity contribution < 1.29 is 17.9 Å². The van der Waals surface area contributed by atoms with Crippen LogP contribution in [0.1, 0.15) is 18.4 Å². The van der Waals surface area contributed by atoms with Gasteiger partial charge in [-0.2, -0.15) is 4.31 Å². The Balaban J connectivity index is 1.73. The van der Waals surface area contributed by atoms with Crippen LogP contribution >= 0.6 is 11.8 Å². The van der Waals surface area contributed by atoms with Crippen molar-refractivity contribution in [1.82, 2.24) is 4.31 Å². The molecule has 1 N–H and O–H groups in total. The zero-order chi connectivity index (χ0) is 21.0. The van der Waals surface area contributed by atoms with Gasteiger partial charge in [0.25, 0.3) is 0 Å². The van der Waals surface area contributed by atoms with E-state index in [-0.39, 0.29) is 23.3 Å². The molecule has 6 nitrogen and oxygen atoms in total. The third kappa shape index (κ3) is 4.94. The number of sulfonamides is 1. The van der Waals surface area contributed by atoms with Gasteiger partial charge in [-0.1, -0.05) is 6.07 Å². The number of nitrogens with zero attached hydrogens (tertiary/aromatic N) is 1. The molecule has 0 unspecified atom stereocenters. The van der Waals surface area contributed by atoms with Crippen LogP contribution in [-0.4, -0.2) is 45.1 Å². The molecular formula is C21H26N2O4S2. The summed E-state index contributed by atoms with van der Waals surface area (Å²) in [5.41, 5.74) is 1.49. The average molecular weight is 435 g/mol. The summed E-state index contributed by atoms with van der Waals surface area (Å²) in [5.74, 6) is 0.122. The first kappa shape index (κ1) is 21.7. The van der Waals surface area contributed by atoms with Crippen molar-refractivity contribution in [3.05, 3.63) is 48.0 Å². The second kappa shape index (κ2) is 9.19. The molecule has 0 spiro atoms. The maximum Gasteiger partial charge on any atom is 0.243 e. The largest absolute Gasteiger partial charge is 0.496 e. The Morgan fingerprint density at radius 3 is 2.72 bits per heavy atom. The molecule has 1 atom stereocenters. The Hall–Kier alpha value is -2.03. The lowest BCUT2D eigenvalue weighted by Crippen LogP contribution is -2.43.